The number of hydrogen-bond donors (Lipinski definition) is 1. The van der Waals surface area contributed by atoms with Gasteiger partial charge in [0.2, 0.25) is 6.79 Å². The maximum atomic E-state index is 13.2. The lowest BCUT2D eigenvalue weighted by Gasteiger charge is -2.18. The average Bonchev–Trinajstić information content (AvgIpc) is 2.92. The van der Waals surface area contributed by atoms with Crippen LogP contribution in [0.25, 0.3) is 0 Å². The number of nitrogens with zero attached hydrogens (tertiary/aromatic N) is 1. The molecular weight excluding hydrogens is 289 g/mol. The van der Waals surface area contributed by atoms with Gasteiger partial charge in [0.1, 0.15) is 11.6 Å². The largest absolute Gasteiger partial charge is 0.507 e. The summed E-state index contributed by atoms with van der Waals surface area (Å²) in [6.07, 6.45) is 0. The number of hydrogen-bond acceptors (Lipinski definition) is 4. The molecular formula is C16H14FNO4. The van der Waals surface area contributed by atoms with Crippen LogP contribution in [0.4, 0.5) is 4.39 Å². The van der Waals surface area contributed by atoms with E-state index in [1.807, 2.05) is 0 Å². The zero-order valence-corrected chi connectivity index (χ0v) is 11.9. The zero-order chi connectivity index (χ0) is 15.7. The van der Waals surface area contributed by atoms with Gasteiger partial charge in [-0.1, -0.05) is 12.1 Å². The minimum atomic E-state index is -0.389. The number of ether oxygens (including phenoxy) is 2. The highest BCUT2D eigenvalue weighted by Crippen LogP contribution is 2.38. The highest BCUT2D eigenvalue weighted by Gasteiger charge is 2.22. The molecule has 1 amide bonds. The molecule has 5 nitrogen and oxygen atoms in total. The predicted molar refractivity (Wildman–Crippen MR) is 76.4 cm³/mol. The monoisotopic (exact) mass is 303 g/mol. The molecule has 0 saturated carbocycles. The Morgan fingerprint density at radius 1 is 1.27 bits per heavy atom. The van der Waals surface area contributed by atoms with Crippen LogP contribution in [0.15, 0.2) is 36.4 Å². The molecule has 1 heterocycles. The molecule has 1 aliphatic rings. The molecule has 3 rings (SSSR count). The van der Waals surface area contributed by atoms with E-state index in [1.54, 1.807) is 19.2 Å². The molecule has 0 aliphatic carbocycles. The number of aromatic hydroxyl groups is 1. The lowest BCUT2D eigenvalue weighted by Crippen LogP contribution is -2.26. The molecule has 0 saturated heterocycles. The lowest BCUT2D eigenvalue weighted by molar-refractivity contribution is 0.0781. The molecule has 0 fully saturated rings. The zero-order valence-electron chi connectivity index (χ0n) is 11.9. The number of rotatable bonds is 3. The third-order valence-corrected chi connectivity index (χ3v) is 3.38. The van der Waals surface area contributed by atoms with Crippen LogP contribution in [0.2, 0.25) is 0 Å². The van der Waals surface area contributed by atoms with E-state index in [4.69, 9.17) is 9.47 Å². The molecule has 2 aromatic rings. The van der Waals surface area contributed by atoms with E-state index >= 15 is 0 Å². The summed E-state index contributed by atoms with van der Waals surface area (Å²) in [5.74, 6) is -0.105. The van der Waals surface area contributed by atoms with E-state index in [0.717, 1.165) is 0 Å². The quantitative estimate of drug-likeness (QED) is 0.946. The van der Waals surface area contributed by atoms with Crippen molar-refractivity contribution in [3.8, 4) is 17.2 Å². The van der Waals surface area contributed by atoms with Gasteiger partial charge in [0.25, 0.3) is 5.91 Å². The van der Waals surface area contributed by atoms with Crippen molar-refractivity contribution in [1.82, 2.24) is 4.90 Å². The van der Waals surface area contributed by atoms with Gasteiger partial charge in [-0.3, -0.25) is 4.79 Å². The summed E-state index contributed by atoms with van der Waals surface area (Å²) in [4.78, 5) is 13.8. The number of amides is 1. The fourth-order valence-electron chi connectivity index (χ4n) is 2.29. The van der Waals surface area contributed by atoms with Crippen LogP contribution in [0.5, 0.6) is 17.2 Å². The Balaban J connectivity index is 1.81. The highest BCUT2D eigenvalue weighted by atomic mass is 19.1. The van der Waals surface area contributed by atoms with Crippen molar-refractivity contribution in [2.45, 2.75) is 6.54 Å². The second kappa shape index (κ2) is 5.55. The molecule has 1 aliphatic heterocycles. The second-order valence-corrected chi connectivity index (χ2v) is 5.01. The first-order chi connectivity index (χ1) is 10.5. The minimum absolute atomic E-state index is 0.0611. The Morgan fingerprint density at radius 2 is 2.00 bits per heavy atom. The average molecular weight is 303 g/mol. The van der Waals surface area contributed by atoms with E-state index in [9.17, 15) is 14.3 Å². The van der Waals surface area contributed by atoms with Crippen LogP contribution in [0, 0.1) is 5.82 Å². The first kappa shape index (κ1) is 14.2. The van der Waals surface area contributed by atoms with E-state index in [0.29, 0.717) is 17.1 Å². The van der Waals surface area contributed by atoms with Crippen LogP contribution in [0.3, 0.4) is 0 Å². The number of phenolic OH excluding ortho intramolecular Hbond substituents is 1. The summed E-state index contributed by atoms with van der Waals surface area (Å²) < 4.78 is 23.5. The van der Waals surface area contributed by atoms with E-state index in [2.05, 4.69) is 0 Å². The van der Waals surface area contributed by atoms with Crippen molar-refractivity contribution in [2.24, 2.45) is 0 Å². The summed E-state index contributed by atoms with van der Waals surface area (Å²) in [7, 11) is 1.58. The van der Waals surface area contributed by atoms with Crippen LogP contribution in [0.1, 0.15) is 15.9 Å². The lowest BCUT2D eigenvalue weighted by atomic mass is 10.1. The number of fused-ring (bicyclic) bond motifs is 1. The van der Waals surface area contributed by atoms with Gasteiger partial charge in [-0.25, -0.2) is 4.39 Å². The molecule has 6 heteroatoms. The van der Waals surface area contributed by atoms with Crippen LogP contribution < -0.4 is 9.47 Å². The minimum Gasteiger partial charge on any atom is -0.507 e. The summed E-state index contributed by atoms with van der Waals surface area (Å²) in [6.45, 7) is 0.288. The molecule has 114 valence electrons. The number of carbonyl (C=O) groups is 1. The molecule has 0 unspecified atom stereocenters. The number of halogens is 1. The van der Waals surface area contributed by atoms with Crippen molar-refractivity contribution in [3.05, 3.63) is 53.3 Å². The van der Waals surface area contributed by atoms with E-state index < -0.39 is 0 Å². The van der Waals surface area contributed by atoms with E-state index in [1.165, 1.54) is 29.2 Å². The molecule has 22 heavy (non-hydrogen) atoms. The van der Waals surface area contributed by atoms with Gasteiger partial charge >= 0.3 is 0 Å². The Bertz CT molecular complexity index is 732. The molecule has 0 atom stereocenters. The van der Waals surface area contributed by atoms with E-state index in [-0.39, 0.29) is 36.4 Å². The topological polar surface area (TPSA) is 59.0 Å². The molecule has 2 aromatic carbocycles. The van der Waals surface area contributed by atoms with Crippen LogP contribution >= 0.6 is 0 Å². The summed E-state index contributed by atoms with van der Waals surface area (Å²) in [6, 6.07) is 8.82. The third kappa shape index (κ3) is 2.67. The second-order valence-electron chi connectivity index (χ2n) is 5.01. The first-order valence-corrected chi connectivity index (χ1v) is 6.67. The Labute approximate surface area is 126 Å². The molecule has 0 bridgehead atoms. The van der Waals surface area contributed by atoms with Crippen molar-refractivity contribution in [1.29, 1.82) is 0 Å². The predicted octanol–water partition coefficient (Wildman–Crippen LogP) is 2.53. The van der Waals surface area contributed by atoms with Gasteiger partial charge in [-0.05, 0) is 17.7 Å². The normalized spacial score (nSPS) is 12.3. The molecule has 0 radical (unpaired) electrons. The smallest absolute Gasteiger partial charge is 0.257 e. The van der Waals surface area contributed by atoms with Gasteiger partial charge in [-0.15, -0.1) is 0 Å². The standard InChI is InChI=1S/C16H14FNO4/c1-18(8-10-3-2-4-11(17)5-10)16(20)12-6-14-15(7-13(12)19)22-9-21-14/h2-7,19H,8-9H2,1H3. The van der Waals surface area contributed by atoms with Crippen molar-refractivity contribution in [3.63, 3.8) is 0 Å². The van der Waals surface area contributed by atoms with Crippen molar-refractivity contribution >= 4 is 5.91 Å². The highest BCUT2D eigenvalue weighted by molar-refractivity contribution is 5.97. The fraction of sp³-hybridized carbons (Fsp3) is 0.188. The Hall–Kier alpha value is -2.76. The summed E-state index contributed by atoms with van der Waals surface area (Å²) >= 11 is 0. The van der Waals surface area contributed by atoms with Crippen molar-refractivity contribution in [2.75, 3.05) is 13.8 Å². The van der Waals surface area contributed by atoms with Gasteiger partial charge in [0.15, 0.2) is 11.5 Å². The number of benzene rings is 2. The van der Waals surface area contributed by atoms with Crippen molar-refractivity contribution < 1.29 is 23.8 Å². The molecule has 1 N–H and O–H groups in total. The Kier molecular flexibility index (Phi) is 3.58. The summed E-state index contributed by atoms with van der Waals surface area (Å²) in [5, 5.41) is 9.96. The SMILES string of the molecule is CN(Cc1cccc(F)c1)C(=O)c1cc2c(cc1O)OCO2. The van der Waals surface area contributed by atoms with Crippen LogP contribution in [-0.2, 0) is 6.54 Å². The van der Waals surface area contributed by atoms with Gasteiger partial charge in [0, 0.05) is 25.7 Å². The molecule has 0 spiro atoms. The maximum absolute atomic E-state index is 13.2. The molecule has 0 aromatic heterocycles. The number of phenols is 1. The number of carbonyl (C=O) groups excluding carboxylic acids is 1. The fourth-order valence-corrected chi connectivity index (χ4v) is 2.29. The van der Waals surface area contributed by atoms with Crippen LogP contribution in [-0.4, -0.2) is 29.8 Å². The summed E-state index contributed by atoms with van der Waals surface area (Å²) in [5.41, 5.74) is 0.777. The first-order valence-electron chi connectivity index (χ1n) is 6.67. The van der Waals surface area contributed by atoms with Gasteiger partial charge in [0.05, 0.1) is 5.56 Å². The van der Waals surface area contributed by atoms with Gasteiger partial charge in [-0.2, -0.15) is 0 Å². The third-order valence-electron chi connectivity index (χ3n) is 3.38. The Morgan fingerprint density at radius 3 is 2.73 bits per heavy atom. The van der Waals surface area contributed by atoms with Gasteiger partial charge < -0.3 is 19.5 Å². The maximum Gasteiger partial charge on any atom is 0.257 e.